The van der Waals surface area contributed by atoms with Crippen molar-refractivity contribution in [1.82, 2.24) is 9.88 Å². The molecular formula is C36H38F2N6O4. The summed E-state index contributed by atoms with van der Waals surface area (Å²) in [4.78, 5) is 35.4. The number of aromatic nitrogens is 1. The van der Waals surface area contributed by atoms with Crippen LogP contribution in [0.15, 0.2) is 61.3 Å². The number of hydrogen-bond donors (Lipinski definition) is 3. The van der Waals surface area contributed by atoms with Crippen LogP contribution in [0.2, 0.25) is 0 Å². The Balaban J connectivity index is 1.34. The maximum absolute atomic E-state index is 15.3. The minimum Gasteiger partial charge on any atom is -0.494 e. The van der Waals surface area contributed by atoms with Crippen LogP contribution in [-0.2, 0) is 4.79 Å². The quantitative estimate of drug-likeness (QED) is 0.119. The van der Waals surface area contributed by atoms with Crippen molar-refractivity contribution < 1.29 is 27.8 Å². The van der Waals surface area contributed by atoms with Gasteiger partial charge in [-0.2, -0.15) is 0 Å². The second kappa shape index (κ2) is 13.9. The molecule has 3 aromatic carbocycles. The average molecular weight is 657 g/mol. The number of ether oxygens (including phenoxy) is 2. The van der Waals surface area contributed by atoms with Crippen molar-refractivity contribution in [2.24, 2.45) is 0 Å². The van der Waals surface area contributed by atoms with Crippen molar-refractivity contribution >= 4 is 51.0 Å². The lowest BCUT2D eigenvalue weighted by molar-refractivity contribution is -0.111. The average Bonchev–Trinajstić information content (AvgIpc) is 3.93. The van der Waals surface area contributed by atoms with E-state index in [1.165, 1.54) is 20.3 Å². The van der Waals surface area contributed by atoms with Gasteiger partial charge >= 0.3 is 0 Å². The number of rotatable bonds is 12. The van der Waals surface area contributed by atoms with Crippen molar-refractivity contribution in [2.45, 2.75) is 25.8 Å². The van der Waals surface area contributed by atoms with Crippen LogP contribution in [0.5, 0.6) is 11.5 Å². The number of fused-ring (bicyclic) bond motifs is 1. The molecule has 0 atom stereocenters. The topological polar surface area (TPSA) is 108 Å². The number of carbonyl (C=O) groups excluding carboxylic acids is 2. The molecule has 1 saturated carbocycles. The molecule has 2 aliphatic rings. The molecule has 2 heterocycles. The molecule has 12 heteroatoms. The van der Waals surface area contributed by atoms with Gasteiger partial charge < -0.3 is 35.2 Å². The highest BCUT2D eigenvalue weighted by atomic mass is 19.1. The van der Waals surface area contributed by atoms with Gasteiger partial charge in [-0.3, -0.25) is 9.59 Å². The van der Waals surface area contributed by atoms with Crippen LogP contribution in [0.3, 0.4) is 0 Å². The summed E-state index contributed by atoms with van der Waals surface area (Å²) in [5.41, 5.74) is 1.98. The third-order valence-electron chi connectivity index (χ3n) is 8.73. The number of benzene rings is 3. The van der Waals surface area contributed by atoms with Gasteiger partial charge in [0.2, 0.25) is 11.7 Å². The zero-order chi connectivity index (χ0) is 33.9. The zero-order valence-electron chi connectivity index (χ0n) is 27.2. The van der Waals surface area contributed by atoms with E-state index < -0.39 is 23.0 Å². The Morgan fingerprint density at radius 2 is 1.65 bits per heavy atom. The van der Waals surface area contributed by atoms with E-state index in [0.29, 0.717) is 28.3 Å². The van der Waals surface area contributed by atoms with Crippen LogP contribution in [0.1, 0.15) is 35.7 Å². The monoisotopic (exact) mass is 656 g/mol. The zero-order valence-corrected chi connectivity index (χ0v) is 27.2. The van der Waals surface area contributed by atoms with Gasteiger partial charge in [0.1, 0.15) is 11.4 Å². The molecule has 6 rings (SSSR count). The number of nitrogens with one attached hydrogen (secondary N) is 3. The Morgan fingerprint density at radius 3 is 2.27 bits per heavy atom. The number of anilines is 5. The molecule has 0 radical (unpaired) electrons. The molecule has 48 heavy (non-hydrogen) atoms. The summed E-state index contributed by atoms with van der Waals surface area (Å²) < 4.78 is 40.8. The van der Waals surface area contributed by atoms with Crippen molar-refractivity contribution in [3.63, 3.8) is 0 Å². The lowest BCUT2D eigenvalue weighted by Gasteiger charge is -2.35. The van der Waals surface area contributed by atoms with Crippen LogP contribution in [0, 0.1) is 11.6 Å². The molecule has 1 aliphatic heterocycles. The molecule has 0 unspecified atom stereocenters. The smallest absolute Gasteiger partial charge is 0.247 e. The number of piperazine rings is 1. The predicted octanol–water partition coefficient (Wildman–Crippen LogP) is 6.35. The molecule has 10 nitrogen and oxygen atoms in total. The SMILES string of the molecule is C=CC(=O)Nc1cc(N2CCN(CC)CC2)ccc1Nc1cc2cc(NC3CC3)c(C(=O)c3c(F)c(OC)cc(OC)c3F)cc2cn1. The number of halogens is 2. The minimum absolute atomic E-state index is 0.0924. The number of nitrogens with zero attached hydrogens (tertiary/aromatic N) is 3. The third-order valence-corrected chi connectivity index (χ3v) is 8.73. The first-order valence-corrected chi connectivity index (χ1v) is 15.9. The largest absolute Gasteiger partial charge is 0.494 e. The summed E-state index contributed by atoms with van der Waals surface area (Å²) in [5, 5.41) is 10.9. The molecule has 1 saturated heterocycles. The van der Waals surface area contributed by atoms with E-state index in [2.05, 4.69) is 44.2 Å². The number of methoxy groups -OCH3 is 2. The van der Waals surface area contributed by atoms with Gasteiger partial charge in [0.05, 0.1) is 25.6 Å². The maximum atomic E-state index is 15.3. The van der Waals surface area contributed by atoms with Gasteiger partial charge in [-0.25, -0.2) is 13.8 Å². The Morgan fingerprint density at radius 1 is 0.938 bits per heavy atom. The fourth-order valence-electron chi connectivity index (χ4n) is 5.82. The Bertz CT molecular complexity index is 1860. The Kier molecular flexibility index (Phi) is 9.44. The van der Waals surface area contributed by atoms with Gasteiger partial charge in [-0.1, -0.05) is 13.5 Å². The summed E-state index contributed by atoms with van der Waals surface area (Å²) in [5.74, 6) is -3.52. The van der Waals surface area contributed by atoms with Gasteiger partial charge in [0.15, 0.2) is 23.1 Å². The van der Waals surface area contributed by atoms with Crippen LogP contribution in [0.25, 0.3) is 10.8 Å². The van der Waals surface area contributed by atoms with Crippen molar-refractivity contribution in [1.29, 1.82) is 0 Å². The van der Waals surface area contributed by atoms with Gasteiger partial charge in [0.25, 0.3) is 0 Å². The first-order chi connectivity index (χ1) is 23.2. The van der Waals surface area contributed by atoms with Crippen LogP contribution >= 0.6 is 0 Å². The Labute approximate surface area is 277 Å². The number of carbonyl (C=O) groups is 2. The van der Waals surface area contributed by atoms with E-state index in [1.54, 1.807) is 18.3 Å². The van der Waals surface area contributed by atoms with Gasteiger partial charge in [-0.15, -0.1) is 0 Å². The molecule has 1 aliphatic carbocycles. The summed E-state index contributed by atoms with van der Waals surface area (Å²) in [6.07, 6.45) is 4.62. The van der Waals surface area contributed by atoms with Crippen LogP contribution in [-0.4, -0.2) is 74.6 Å². The van der Waals surface area contributed by atoms with E-state index in [0.717, 1.165) is 62.7 Å². The Hall–Kier alpha value is -5.23. The number of ketones is 1. The number of pyridine rings is 1. The van der Waals surface area contributed by atoms with E-state index in [-0.39, 0.29) is 29.0 Å². The number of likely N-dealkylation sites (N-methyl/N-ethyl adjacent to an activating group) is 1. The third kappa shape index (κ3) is 6.75. The van der Waals surface area contributed by atoms with E-state index in [1.807, 2.05) is 24.3 Å². The predicted molar refractivity (Wildman–Crippen MR) is 184 cm³/mol. The second-order valence-electron chi connectivity index (χ2n) is 11.8. The fourth-order valence-corrected chi connectivity index (χ4v) is 5.82. The molecule has 3 N–H and O–H groups in total. The van der Waals surface area contributed by atoms with Crippen molar-refractivity contribution in [3.05, 3.63) is 84.1 Å². The molecule has 0 spiro atoms. The van der Waals surface area contributed by atoms with Crippen molar-refractivity contribution in [3.8, 4) is 11.5 Å². The first kappa shape index (κ1) is 32.7. The van der Waals surface area contributed by atoms with Crippen molar-refractivity contribution in [2.75, 3.05) is 67.8 Å². The summed E-state index contributed by atoms with van der Waals surface area (Å²) >= 11 is 0. The number of amides is 1. The highest BCUT2D eigenvalue weighted by molar-refractivity contribution is 6.15. The molecule has 4 aromatic rings. The summed E-state index contributed by atoms with van der Waals surface area (Å²) in [7, 11) is 2.47. The molecule has 2 fully saturated rings. The highest BCUT2D eigenvalue weighted by Gasteiger charge is 2.30. The van der Waals surface area contributed by atoms with Gasteiger partial charge in [0, 0.05) is 66.8 Å². The standard InChI is InChI=1S/C36H38F2N6O4/c1-5-32(45)42-28-18-24(44-13-11-43(6-2)12-14-44)9-10-26(28)41-31-17-21-16-27(40-23-7-8-23)25(15-22(21)20-39-31)36(46)33-34(37)29(47-3)19-30(48-4)35(33)38/h5,9-10,15-20,23,40H,1,6-8,11-14H2,2-4H3,(H,39,41)(H,42,45). The molecule has 0 bridgehead atoms. The molecule has 250 valence electrons. The summed E-state index contributed by atoms with van der Waals surface area (Å²) in [6.45, 7) is 10.5. The lowest BCUT2D eigenvalue weighted by Crippen LogP contribution is -2.46. The second-order valence-corrected chi connectivity index (χ2v) is 11.8. The lowest BCUT2D eigenvalue weighted by atomic mass is 9.97. The highest BCUT2D eigenvalue weighted by Crippen LogP contribution is 2.37. The fraction of sp³-hybridized carbons (Fsp3) is 0.306. The normalized spacial score (nSPS) is 14.8. The van der Waals surface area contributed by atoms with E-state index in [9.17, 15) is 9.59 Å². The molecule has 1 amide bonds. The van der Waals surface area contributed by atoms with Crippen LogP contribution < -0.4 is 30.3 Å². The van der Waals surface area contributed by atoms with Gasteiger partial charge in [-0.05, 0) is 67.2 Å². The summed E-state index contributed by atoms with van der Waals surface area (Å²) in [6, 6.07) is 12.2. The number of hydrogen-bond acceptors (Lipinski definition) is 9. The first-order valence-electron chi connectivity index (χ1n) is 15.9. The minimum atomic E-state index is -1.11. The maximum Gasteiger partial charge on any atom is 0.247 e. The van der Waals surface area contributed by atoms with Crippen LogP contribution in [0.4, 0.5) is 37.3 Å². The van der Waals surface area contributed by atoms with E-state index in [4.69, 9.17) is 9.47 Å². The molecule has 1 aromatic heterocycles. The van der Waals surface area contributed by atoms with E-state index >= 15 is 8.78 Å². The molecular weight excluding hydrogens is 618 g/mol.